The van der Waals surface area contributed by atoms with Crippen molar-refractivity contribution in [3.63, 3.8) is 0 Å². The van der Waals surface area contributed by atoms with Crippen molar-refractivity contribution in [1.82, 2.24) is 35.8 Å². The lowest BCUT2D eigenvalue weighted by atomic mass is 10.8. The van der Waals surface area contributed by atoms with E-state index in [1.807, 2.05) is 0 Å². The van der Waals surface area contributed by atoms with Crippen LogP contribution in [-0.2, 0) is 0 Å². The molecule has 0 bridgehead atoms. The molecule has 1 N–H and O–H groups in total. The molecule has 0 fully saturated rings. The predicted octanol–water partition coefficient (Wildman–Crippen LogP) is -1.75. The van der Waals surface area contributed by atoms with Crippen LogP contribution in [-0.4, -0.2) is 41.0 Å². The molecule has 0 unspecified atom stereocenters. The van der Waals surface area contributed by atoms with Gasteiger partial charge < -0.3 is 5.21 Å². The number of fused-ring (bicyclic) bond motifs is 1. The zero-order valence-corrected chi connectivity index (χ0v) is 4.58. The first-order valence-electron chi connectivity index (χ1n) is 2.34. The lowest BCUT2D eigenvalue weighted by Gasteiger charge is -1.82. The average Bonchev–Trinajstić information content (AvgIpc) is 2.34. The van der Waals surface area contributed by atoms with Crippen LogP contribution in [0.1, 0.15) is 0 Å². The minimum atomic E-state index is 0.0926. The minimum Gasteiger partial charge on any atom is -0.409 e. The molecule has 0 saturated heterocycles. The van der Waals surface area contributed by atoms with Crippen LogP contribution >= 0.6 is 0 Å². The molecule has 0 aliphatic rings. The summed E-state index contributed by atoms with van der Waals surface area (Å²) in [4.78, 5) is 0.483. The van der Waals surface area contributed by atoms with Gasteiger partial charge in [-0.05, 0) is 15.6 Å². The van der Waals surface area contributed by atoms with Crippen molar-refractivity contribution >= 4 is 11.3 Å². The summed E-state index contributed by atoms with van der Waals surface area (Å²) < 4.78 is 0. The van der Waals surface area contributed by atoms with Gasteiger partial charge in [-0.25, -0.2) is 0 Å². The molecule has 2 rings (SSSR count). The Labute approximate surface area is 53.4 Å². The molecule has 0 amide bonds. The molecule has 50 valence electrons. The highest BCUT2D eigenvalue weighted by molar-refractivity contribution is 5.61. The van der Waals surface area contributed by atoms with Crippen molar-refractivity contribution < 1.29 is 5.21 Å². The van der Waals surface area contributed by atoms with Crippen LogP contribution in [0.25, 0.3) is 11.3 Å². The van der Waals surface area contributed by atoms with Crippen LogP contribution in [0, 0.1) is 0 Å². The Morgan fingerprint density at radius 1 is 1.10 bits per heavy atom. The Hall–Kier alpha value is -1.86. The molecule has 2 aromatic rings. The second kappa shape index (κ2) is 1.56. The highest BCUT2D eigenvalue weighted by Crippen LogP contribution is 1.95. The molecule has 0 aliphatic carbocycles. The van der Waals surface area contributed by atoms with E-state index in [0.717, 1.165) is 0 Å². The molecule has 0 aromatic carbocycles. The van der Waals surface area contributed by atoms with Crippen LogP contribution in [0.4, 0.5) is 0 Å². The van der Waals surface area contributed by atoms with Crippen LogP contribution in [0.5, 0.6) is 0 Å². The maximum absolute atomic E-state index is 8.78. The second-order valence-corrected chi connectivity index (χ2v) is 1.50. The molecular weight excluding hydrogens is 138 g/mol. The summed E-state index contributed by atoms with van der Waals surface area (Å²) in [5.41, 5.74) is 0.257. The summed E-state index contributed by atoms with van der Waals surface area (Å²) in [6.07, 6.45) is 0. The number of rotatable bonds is 0. The Bertz CT molecular complexity index is 353. The molecule has 0 atom stereocenters. The first-order valence-corrected chi connectivity index (χ1v) is 2.34. The number of aromatic nitrogens is 7. The van der Waals surface area contributed by atoms with Crippen molar-refractivity contribution in [3.8, 4) is 0 Å². The van der Waals surface area contributed by atoms with E-state index >= 15 is 0 Å². The fraction of sp³-hybridized carbons (Fsp3) is 0. The lowest BCUT2D eigenvalue weighted by Crippen LogP contribution is -1.97. The van der Waals surface area contributed by atoms with Crippen molar-refractivity contribution in [2.45, 2.75) is 0 Å². The molecule has 0 radical (unpaired) electrons. The molecule has 8 nitrogen and oxygen atoms in total. The molecule has 0 aliphatic heterocycles. The molecule has 2 heterocycles. The maximum atomic E-state index is 8.78. The van der Waals surface area contributed by atoms with Gasteiger partial charge in [-0.1, -0.05) is 4.85 Å². The summed E-state index contributed by atoms with van der Waals surface area (Å²) in [5, 5.41) is 28.6. The quantitative estimate of drug-likeness (QED) is 0.431. The van der Waals surface area contributed by atoms with Crippen molar-refractivity contribution in [2.24, 2.45) is 0 Å². The normalized spacial score (nSPS) is 10.4. The third kappa shape index (κ3) is 0.493. The van der Waals surface area contributed by atoms with Gasteiger partial charge >= 0.3 is 0 Å². The van der Waals surface area contributed by atoms with E-state index in [9.17, 15) is 0 Å². The van der Waals surface area contributed by atoms with E-state index < -0.39 is 0 Å². The van der Waals surface area contributed by atoms with Crippen LogP contribution in [0.3, 0.4) is 0 Å². The first-order chi connectivity index (χ1) is 4.88. The number of hydrogen-bond acceptors (Lipinski definition) is 7. The highest BCUT2D eigenvalue weighted by atomic mass is 16.5. The molecular formula is C2HN7O. The number of nitrogens with zero attached hydrogens (tertiary/aromatic N) is 7. The fourth-order valence-electron chi connectivity index (χ4n) is 0.535. The van der Waals surface area contributed by atoms with Gasteiger partial charge in [-0.2, -0.15) is 0 Å². The van der Waals surface area contributed by atoms with Crippen molar-refractivity contribution in [3.05, 3.63) is 0 Å². The lowest BCUT2D eigenvalue weighted by molar-refractivity contribution is 0.152. The van der Waals surface area contributed by atoms with Crippen molar-refractivity contribution in [1.29, 1.82) is 0 Å². The molecule has 0 spiro atoms. The van der Waals surface area contributed by atoms with Gasteiger partial charge in [-0.3, -0.25) is 0 Å². The molecule has 0 saturated carbocycles. The Kier molecular flexibility index (Phi) is 0.774. The summed E-state index contributed by atoms with van der Waals surface area (Å²) in [7, 11) is 0. The maximum Gasteiger partial charge on any atom is 0.263 e. The van der Waals surface area contributed by atoms with E-state index in [-0.39, 0.29) is 11.3 Å². The van der Waals surface area contributed by atoms with E-state index in [1.54, 1.807) is 0 Å². The van der Waals surface area contributed by atoms with Gasteiger partial charge in [0.2, 0.25) is 5.65 Å². The fourth-order valence-corrected chi connectivity index (χ4v) is 0.535. The average molecular weight is 139 g/mol. The largest absolute Gasteiger partial charge is 0.409 e. The SMILES string of the molecule is On1nnc2nnnnc21. The second-order valence-electron chi connectivity index (χ2n) is 1.50. The highest BCUT2D eigenvalue weighted by Gasteiger charge is 2.04. The van der Waals surface area contributed by atoms with Gasteiger partial charge in [0, 0.05) is 0 Å². The van der Waals surface area contributed by atoms with E-state index in [4.69, 9.17) is 5.21 Å². The van der Waals surface area contributed by atoms with E-state index in [2.05, 4.69) is 30.9 Å². The third-order valence-electron chi connectivity index (χ3n) is 0.932. The van der Waals surface area contributed by atoms with Crippen LogP contribution in [0.15, 0.2) is 0 Å². The van der Waals surface area contributed by atoms with Gasteiger partial charge in [-0.15, -0.1) is 15.3 Å². The summed E-state index contributed by atoms with van der Waals surface area (Å²) >= 11 is 0. The van der Waals surface area contributed by atoms with Gasteiger partial charge in [0.15, 0.2) is 0 Å². The van der Waals surface area contributed by atoms with Gasteiger partial charge in [0.25, 0.3) is 5.65 Å². The Balaban J connectivity index is 2.93. The topological polar surface area (TPSA) is 102 Å². The van der Waals surface area contributed by atoms with E-state index in [0.29, 0.717) is 4.85 Å². The minimum absolute atomic E-state index is 0.0926. The van der Waals surface area contributed by atoms with Crippen molar-refractivity contribution in [2.75, 3.05) is 0 Å². The van der Waals surface area contributed by atoms with Gasteiger partial charge in [0.05, 0.1) is 0 Å². The third-order valence-corrected chi connectivity index (χ3v) is 0.932. The summed E-state index contributed by atoms with van der Waals surface area (Å²) in [6.45, 7) is 0. The predicted molar refractivity (Wildman–Crippen MR) is 25.9 cm³/mol. The monoisotopic (exact) mass is 139 g/mol. The molecule has 8 heteroatoms. The smallest absolute Gasteiger partial charge is 0.263 e. The first kappa shape index (κ1) is 4.97. The standard InChI is InChI=1S/C2HN7O/c10-9-2-1(4-8-9)3-6-7-5-2/h10H. The summed E-state index contributed by atoms with van der Waals surface area (Å²) in [5.74, 6) is 0. The van der Waals surface area contributed by atoms with Crippen LogP contribution in [0.2, 0.25) is 0 Å². The zero-order valence-electron chi connectivity index (χ0n) is 4.58. The van der Waals surface area contributed by atoms with Gasteiger partial charge in [0.1, 0.15) is 0 Å². The Morgan fingerprint density at radius 3 is 2.70 bits per heavy atom. The summed E-state index contributed by atoms with van der Waals surface area (Å²) in [6, 6.07) is 0. The Morgan fingerprint density at radius 2 is 1.90 bits per heavy atom. The zero-order chi connectivity index (χ0) is 6.97. The molecule has 10 heavy (non-hydrogen) atoms. The number of hydrogen-bond donors (Lipinski definition) is 1. The van der Waals surface area contributed by atoms with Crippen LogP contribution < -0.4 is 0 Å². The molecule has 2 aromatic heterocycles. The van der Waals surface area contributed by atoms with E-state index in [1.165, 1.54) is 0 Å².